The van der Waals surface area contributed by atoms with E-state index in [1.807, 2.05) is 36.4 Å². The van der Waals surface area contributed by atoms with E-state index in [0.717, 1.165) is 15.6 Å². The summed E-state index contributed by atoms with van der Waals surface area (Å²) in [5.41, 5.74) is 3.25. The fourth-order valence-electron chi connectivity index (χ4n) is 2.85. The first-order valence-electron chi connectivity index (χ1n) is 9.67. The zero-order chi connectivity index (χ0) is 22.2. The Morgan fingerprint density at radius 1 is 1.13 bits per heavy atom. The maximum absolute atomic E-state index is 13.3. The second-order valence-corrected chi connectivity index (χ2v) is 7.95. The van der Waals surface area contributed by atoms with Crippen molar-refractivity contribution < 1.29 is 13.9 Å². The van der Waals surface area contributed by atoms with Crippen molar-refractivity contribution in [1.29, 1.82) is 5.26 Å². The van der Waals surface area contributed by atoms with E-state index in [2.05, 4.69) is 34.8 Å². The van der Waals surface area contributed by atoms with E-state index < -0.39 is 5.91 Å². The molecular formula is C25H20FIN2O2. The van der Waals surface area contributed by atoms with Gasteiger partial charge in [0.25, 0.3) is 5.91 Å². The van der Waals surface area contributed by atoms with Crippen molar-refractivity contribution in [3.8, 4) is 11.8 Å². The van der Waals surface area contributed by atoms with Crippen molar-refractivity contribution in [2.24, 2.45) is 0 Å². The number of ether oxygens (including phenoxy) is 1. The zero-order valence-corrected chi connectivity index (χ0v) is 19.0. The van der Waals surface area contributed by atoms with Crippen molar-refractivity contribution in [1.82, 2.24) is 0 Å². The van der Waals surface area contributed by atoms with Crippen LogP contribution in [-0.4, -0.2) is 5.91 Å². The lowest BCUT2D eigenvalue weighted by atomic mass is 10.1. The SMILES string of the molecule is CCc1ccc(NC(=O)/C(C#N)=C/c2ccc(OCc3cccc(F)c3)c(I)c2)cc1. The molecule has 0 radical (unpaired) electrons. The van der Waals surface area contributed by atoms with E-state index in [9.17, 15) is 14.4 Å². The van der Waals surface area contributed by atoms with Gasteiger partial charge in [0.05, 0.1) is 3.57 Å². The Morgan fingerprint density at radius 2 is 1.90 bits per heavy atom. The summed E-state index contributed by atoms with van der Waals surface area (Å²) < 4.78 is 19.9. The van der Waals surface area contributed by atoms with Crippen LogP contribution >= 0.6 is 22.6 Å². The van der Waals surface area contributed by atoms with Crippen LogP contribution in [0, 0.1) is 20.7 Å². The molecular weight excluding hydrogens is 506 g/mol. The summed E-state index contributed by atoms with van der Waals surface area (Å²) in [6, 6.07) is 21.1. The Bertz CT molecular complexity index is 1150. The molecule has 1 N–H and O–H groups in total. The van der Waals surface area contributed by atoms with Crippen LogP contribution in [-0.2, 0) is 17.8 Å². The number of amides is 1. The van der Waals surface area contributed by atoms with Gasteiger partial charge in [-0.2, -0.15) is 5.26 Å². The number of nitrogens with zero attached hydrogens (tertiary/aromatic N) is 1. The van der Waals surface area contributed by atoms with E-state index in [-0.39, 0.29) is 18.0 Å². The number of benzene rings is 3. The molecule has 31 heavy (non-hydrogen) atoms. The highest BCUT2D eigenvalue weighted by Crippen LogP contribution is 2.24. The molecule has 1 amide bonds. The van der Waals surface area contributed by atoms with Crippen LogP contribution in [0.5, 0.6) is 5.75 Å². The summed E-state index contributed by atoms with van der Waals surface area (Å²) in [4.78, 5) is 12.5. The number of nitriles is 1. The number of aryl methyl sites for hydroxylation is 1. The fraction of sp³-hybridized carbons (Fsp3) is 0.120. The van der Waals surface area contributed by atoms with Crippen molar-refractivity contribution in [3.63, 3.8) is 0 Å². The molecule has 3 aromatic rings. The number of nitrogens with one attached hydrogen (secondary N) is 1. The van der Waals surface area contributed by atoms with Crippen molar-refractivity contribution in [2.45, 2.75) is 20.0 Å². The molecule has 3 aromatic carbocycles. The van der Waals surface area contributed by atoms with E-state index in [4.69, 9.17) is 4.74 Å². The zero-order valence-electron chi connectivity index (χ0n) is 16.9. The number of halogens is 2. The van der Waals surface area contributed by atoms with Gasteiger partial charge >= 0.3 is 0 Å². The first-order valence-corrected chi connectivity index (χ1v) is 10.7. The van der Waals surface area contributed by atoms with Crippen LogP contribution in [0.25, 0.3) is 6.08 Å². The molecule has 0 saturated carbocycles. The maximum Gasteiger partial charge on any atom is 0.266 e. The standard InChI is InChI=1S/C25H20FIN2O2/c1-2-17-6-9-22(10-7-17)29-25(30)20(15-28)12-18-8-11-24(23(27)14-18)31-16-19-4-3-5-21(26)13-19/h3-14H,2,16H2,1H3,(H,29,30)/b20-12+. The van der Waals surface area contributed by atoms with Gasteiger partial charge in [-0.15, -0.1) is 0 Å². The Labute approximate surface area is 194 Å². The normalized spacial score (nSPS) is 11.0. The average molecular weight is 526 g/mol. The highest BCUT2D eigenvalue weighted by molar-refractivity contribution is 14.1. The molecule has 0 aromatic heterocycles. The van der Waals surface area contributed by atoms with Gasteiger partial charge < -0.3 is 10.1 Å². The van der Waals surface area contributed by atoms with Crippen molar-refractivity contribution in [3.05, 3.63) is 98.4 Å². The minimum Gasteiger partial charge on any atom is -0.488 e. The number of hydrogen-bond donors (Lipinski definition) is 1. The molecule has 0 aliphatic carbocycles. The third-order valence-corrected chi connectivity index (χ3v) is 5.38. The molecule has 156 valence electrons. The molecule has 0 aliphatic heterocycles. The minimum absolute atomic E-state index is 0.00352. The highest BCUT2D eigenvalue weighted by Gasteiger charge is 2.11. The Hall–Kier alpha value is -3.18. The Morgan fingerprint density at radius 3 is 2.55 bits per heavy atom. The van der Waals surface area contributed by atoms with Crippen molar-refractivity contribution >= 4 is 40.3 Å². The lowest BCUT2D eigenvalue weighted by Gasteiger charge is -2.09. The Balaban J connectivity index is 1.69. The van der Waals surface area contributed by atoms with E-state index in [1.54, 1.807) is 24.3 Å². The lowest BCUT2D eigenvalue weighted by Crippen LogP contribution is -2.13. The van der Waals surface area contributed by atoms with Gasteiger partial charge in [-0.1, -0.05) is 37.3 Å². The fourth-order valence-corrected chi connectivity index (χ4v) is 3.54. The lowest BCUT2D eigenvalue weighted by molar-refractivity contribution is -0.112. The average Bonchev–Trinajstić information content (AvgIpc) is 2.77. The minimum atomic E-state index is -0.465. The topological polar surface area (TPSA) is 62.1 Å². The molecule has 0 unspecified atom stereocenters. The molecule has 0 saturated heterocycles. The molecule has 6 heteroatoms. The number of carbonyl (C=O) groups is 1. The molecule has 0 heterocycles. The van der Waals surface area contributed by atoms with Crippen LogP contribution in [0.1, 0.15) is 23.6 Å². The largest absolute Gasteiger partial charge is 0.488 e. The predicted octanol–water partition coefficient (Wildman–Crippen LogP) is 6.12. The molecule has 3 rings (SSSR count). The summed E-state index contributed by atoms with van der Waals surface area (Å²) in [5.74, 6) is -0.130. The van der Waals surface area contributed by atoms with Crippen molar-refractivity contribution in [2.75, 3.05) is 5.32 Å². The monoisotopic (exact) mass is 526 g/mol. The molecule has 0 aliphatic rings. The van der Waals surface area contributed by atoms with Gasteiger partial charge in [0.1, 0.15) is 29.8 Å². The quantitative estimate of drug-likeness (QED) is 0.229. The van der Waals surface area contributed by atoms with E-state index >= 15 is 0 Å². The summed E-state index contributed by atoms with van der Waals surface area (Å²) in [6.45, 7) is 2.30. The third kappa shape index (κ3) is 6.40. The summed E-state index contributed by atoms with van der Waals surface area (Å²) in [5, 5.41) is 12.2. The number of rotatable bonds is 7. The highest BCUT2D eigenvalue weighted by atomic mass is 127. The van der Waals surface area contributed by atoms with Gasteiger partial charge in [-0.3, -0.25) is 4.79 Å². The number of hydrogen-bond acceptors (Lipinski definition) is 3. The molecule has 0 atom stereocenters. The summed E-state index contributed by atoms with van der Waals surface area (Å²) >= 11 is 2.13. The van der Waals surface area contributed by atoms with Gasteiger partial charge in [0.2, 0.25) is 0 Å². The molecule has 4 nitrogen and oxygen atoms in total. The Kier molecular flexibility index (Phi) is 7.79. The van der Waals surface area contributed by atoms with Gasteiger partial charge in [-0.05, 0) is 88.2 Å². The molecule has 0 spiro atoms. The summed E-state index contributed by atoms with van der Waals surface area (Å²) in [7, 11) is 0. The van der Waals surface area contributed by atoms with E-state index in [0.29, 0.717) is 17.0 Å². The molecule has 0 bridgehead atoms. The maximum atomic E-state index is 13.3. The summed E-state index contributed by atoms with van der Waals surface area (Å²) in [6.07, 6.45) is 2.45. The van der Waals surface area contributed by atoms with Crippen LogP contribution in [0.4, 0.5) is 10.1 Å². The van der Waals surface area contributed by atoms with Crippen LogP contribution in [0.15, 0.2) is 72.3 Å². The first-order chi connectivity index (χ1) is 15.0. The van der Waals surface area contributed by atoms with Gasteiger partial charge in [0.15, 0.2) is 0 Å². The molecule has 0 fully saturated rings. The van der Waals surface area contributed by atoms with E-state index in [1.165, 1.54) is 23.8 Å². The third-order valence-electron chi connectivity index (χ3n) is 4.54. The number of anilines is 1. The second-order valence-electron chi connectivity index (χ2n) is 6.78. The van der Waals surface area contributed by atoms with Crippen LogP contribution in [0.2, 0.25) is 0 Å². The smallest absolute Gasteiger partial charge is 0.266 e. The van der Waals surface area contributed by atoms with Crippen LogP contribution < -0.4 is 10.1 Å². The van der Waals surface area contributed by atoms with Gasteiger partial charge in [0, 0.05) is 5.69 Å². The first kappa shape index (κ1) is 22.5. The predicted molar refractivity (Wildman–Crippen MR) is 128 cm³/mol. The second kappa shape index (κ2) is 10.7. The van der Waals surface area contributed by atoms with Gasteiger partial charge in [-0.25, -0.2) is 4.39 Å². The number of carbonyl (C=O) groups excluding carboxylic acids is 1. The van der Waals surface area contributed by atoms with Crippen LogP contribution in [0.3, 0.4) is 0 Å².